The third kappa shape index (κ3) is 2.49. The zero-order valence-electron chi connectivity index (χ0n) is 10.5. The Morgan fingerprint density at radius 2 is 2.00 bits per heavy atom. The lowest BCUT2D eigenvalue weighted by molar-refractivity contribution is 0.181. The van der Waals surface area contributed by atoms with E-state index in [1.165, 1.54) is 11.0 Å². The minimum Gasteiger partial charge on any atom is -0.447 e. The lowest BCUT2D eigenvalue weighted by Crippen LogP contribution is -2.33. The minimum atomic E-state index is -0.401. The third-order valence-electron chi connectivity index (χ3n) is 3.36. The van der Waals surface area contributed by atoms with Crippen LogP contribution in [0.4, 0.5) is 20.6 Å². The number of cyclic esters (lactones) is 1. The largest absolute Gasteiger partial charge is 0.447 e. The molecule has 0 bridgehead atoms. The van der Waals surface area contributed by atoms with E-state index < -0.39 is 6.09 Å². The molecule has 2 aliphatic rings. The van der Waals surface area contributed by atoms with Crippen LogP contribution in [0, 0.1) is 5.82 Å². The smallest absolute Gasteiger partial charge is 0.414 e. The van der Waals surface area contributed by atoms with Crippen molar-refractivity contribution < 1.29 is 13.9 Å². The average Bonchev–Trinajstić information content (AvgIpc) is 2.86. The highest BCUT2D eigenvalue weighted by molar-refractivity contribution is 7.99. The van der Waals surface area contributed by atoms with E-state index in [4.69, 9.17) is 4.74 Å². The van der Waals surface area contributed by atoms with E-state index in [0.717, 1.165) is 24.6 Å². The molecule has 1 aromatic carbocycles. The lowest BCUT2D eigenvalue weighted by Gasteiger charge is -2.29. The van der Waals surface area contributed by atoms with E-state index in [9.17, 15) is 9.18 Å². The summed E-state index contributed by atoms with van der Waals surface area (Å²) < 4.78 is 19.0. The van der Waals surface area contributed by atoms with Crippen LogP contribution in [0.2, 0.25) is 0 Å². The number of benzene rings is 1. The van der Waals surface area contributed by atoms with Gasteiger partial charge in [-0.1, -0.05) is 0 Å². The van der Waals surface area contributed by atoms with Crippen LogP contribution in [0.15, 0.2) is 18.2 Å². The van der Waals surface area contributed by atoms with Gasteiger partial charge in [-0.2, -0.15) is 11.8 Å². The van der Waals surface area contributed by atoms with Crippen molar-refractivity contribution in [3.05, 3.63) is 24.0 Å². The monoisotopic (exact) mass is 282 g/mol. The highest BCUT2D eigenvalue weighted by atomic mass is 32.2. The number of hydrogen-bond donors (Lipinski definition) is 0. The summed E-state index contributed by atoms with van der Waals surface area (Å²) in [5.74, 6) is 1.78. The molecule has 0 aliphatic carbocycles. The Bertz CT molecular complexity index is 492. The van der Waals surface area contributed by atoms with Crippen LogP contribution in [0.5, 0.6) is 0 Å². The molecule has 2 heterocycles. The van der Waals surface area contributed by atoms with Crippen molar-refractivity contribution in [1.82, 2.24) is 0 Å². The van der Waals surface area contributed by atoms with Gasteiger partial charge in [-0.3, -0.25) is 4.90 Å². The number of carbonyl (C=O) groups is 1. The maximum atomic E-state index is 14.2. The summed E-state index contributed by atoms with van der Waals surface area (Å²) >= 11 is 1.89. The zero-order chi connectivity index (χ0) is 13.2. The molecule has 6 heteroatoms. The van der Waals surface area contributed by atoms with Gasteiger partial charge in [-0.15, -0.1) is 0 Å². The van der Waals surface area contributed by atoms with Crippen molar-refractivity contribution in [2.45, 2.75) is 0 Å². The van der Waals surface area contributed by atoms with Crippen molar-refractivity contribution in [3.63, 3.8) is 0 Å². The summed E-state index contributed by atoms with van der Waals surface area (Å²) in [6, 6.07) is 4.96. The van der Waals surface area contributed by atoms with E-state index in [2.05, 4.69) is 4.90 Å². The molecule has 0 spiro atoms. The van der Waals surface area contributed by atoms with E-state index in [-0.39, 0.29) is 5.82 Å². The molecule has 2 fully saturated rings. The normalized spacial score (nSPS) is 19.7. The van der Waals surface area contributed by atoms with Crippen molar-refractivity contribution in [2.24, 2.45) is 0 Å². The third-order valence-corrected chi connectivity index (χ3v) is 4.30. The number of amides is 1. The number of carbonyl (C=O) groups excluding carboxylic acids is 1. The Hall–Kier alpha value is -1.43. The second-order valence-corrected chi connectivity index (χ2v) is 5.73. The van der Waals surface area contributed by atoms with Gasteiger partial charge in [0.1, 0.15) is 12.4 Å². The Morgan fingerprint density at radius 3 is 2.63 bits per heavy atom. The van der Waals surface area contributed by atoms with E-state index in [1.54, 1.807) is 12.1 Å². The predicted octanol–water partition coefficient (Wildman–Crippen LogP) is 2.34. The van der Waals surface area contributed by atoms with Crippen LogP contribution in [-0.4, -0.2) is 43.8 Å². The van der Waals surface area contributed by atoms with Gasteiger partial charge in [0.05, 0.1) is 17.9 Å². The summed E-state index contributed by atoms with van der Waals surface area (Å²) in [7, 11) is 0. The molecule has 0 atom stereocenters. The Kier molecular flexibility index (Phi) is 3.50. The van der Waals surface area contributed by atoms with Gasteiger partial charge < -0.3 is 9.64 Å². The number of hydrogen-bond acceptors (Lipinski definition) is 4. The Labute approximate surface area is 115 Å². The molecule has 0 radical (unpaired) electrons. The first-order chi connectivity index (χ1) is 9.25. The van der Waals surface area contributed by atoms with Gasteiger partial charge >= 0.3 is 6.09 Å². The molecule has 3 rings (SSSR count). The second-order valence-electron chi connectivity index (χ2n) is 4.50. The molecule has 0 aromatic heterocycles. The molecule has 19 heavy (non-hydrogen) atoms. The standard InChI is InChI=1S/C13H15FN2O2S/c14-11-9-10(16-3-6-18-13(16)17)1-2-12(11)15-4-7-19-8-5-15/h1-2,9H,3-8H2. The summed E-state index contributed by atoms with van der Waals surface area (Å²) in [6.07, 6.45) is -0.401. The minimum absolute atomic E-state index is 0.274. The Balaban J connectivity index is 1.82. The van der Waals surface area contributed by atoms with E-state index >= 15 is 0 Å². The van der Waals surface area contributed by atoms with E-state index in [1.807, 2.05) is 11.8 Å². The number of rotatable bonds is 2. The highest BCUT2D eigenvalue weighted by Gasteiger charge is 2.25. The number of ether oxygens (including phenoxy) is 1. The molecular formula is C13H15FN2O2S. The quantitative estimate of drug-likeness (QED) is 0.833. The first-order valence-electron chi connectivity index (χ1n) is 6.32. The number of thioether (sulfide) groups is 1. The molecule has 0 saturated carbocycles. The van der Waals surface area contributed by atoms with Gasteiger partial charge in [-0.25, -0.2) is 9.18 Å². The SMILES string of the molecule is O=C1OCCN1c1ccc(N2CCSCC2)c(F)c1. The van der Waals surface area contributed by atoms with Gasteiger partial charge in [0.2, 0.25) is 0 Å². The van der Waals surface area contributed by atoms with Crippen LogP contribution in [0.3, 0.4) is 0 Å². The topological polar surface area (TPSA) is 32.8 Å². The molecule has 0 unspecified atom stereocenters. The van der Waals surface area contributed by atoms with Crippen LogP contribution >= 0.6 is 11.8 Å². The predicted molar refractivity (Wildman–Crippen MR) is 74.6 cm³/mol. The maximum Gasteiger partial charge on any atom is 0.414 e. The van der Waals surface area contributed by atoms with Crippen LogP contribution in [0.25, 0.3) is 0 Å². The highest BCUT2D eigenvalue weighted by Crippen LogP contribution is 2.28. The molecule has 1 aromatic rings. The van der Waals surface area contributed by atoms with Crippen molar-refractivity contribution in [2.75, 3.05) is 47.5 Å². The lowest BCUT2D eigenvalue weighted by atomic mass is 10.2. The average molecular weight is 282 g/mol. The fourth-order valence-electron chi connectivity index (χ4n) is 2.35. The molecular weight excluding hydrogens is 267 g/mol. The van der Waals surface area contributed by atoms with Gasteiger partial charge in [0, 0.05) is 24.6 Å². The first kappa shape index (κ1) is 12.6. The summed E-state index contributed by atoms with van der Waals surface area (Å²) in [5.41, 5.74) is 1.19. The van der Waals surface area contributed by atoms with Gasteiger partial charge in [-0.05, 0) is 18.2 Å². The number of halogens is 1. The van der Waals surface area contributed by atoms with Crippen molar-refractivity contribution in [1.29, 1.82) is 0 Å². The van der Waals surface area contributed by atoms with Gasteiger partial charge in [0.15, 0.2) is 0 Å². The molecule has 1 amide bonds. The Morgan fingerprint density at radius 1 is 1.21 bits per heavy atom. The fraction of sp³-hybridized carbons (Fsp3) is 0.462. The molecule has 4 nitrogen and oxygen atoms in total. The van der Waals surface area contributed by atoms with Crippen LogP contribution in [0.1, 0.15) is 0 Å². The summed E-state index contributed by atoms with van der Waals surface area (Å²) in [6.45, 7) is 2.59. The second kappa shape index (κ2) is 5.28. The van der Waals surface area contributed by atoms with Crippen molar-refractivity contribution >= 4 is 29.2 Å². The number of anilines is 2. The summed E-state index contributed by atoms with van der Waals surface area (Å²) in [4.78, 5) is 15.0. The molecule has 2 aliphatic heterocycles. The molecule has 102 valence electrons. The van der Waals surface area contributed by atoms with Crippen LogP contribution < -0.4 is 9.80 Å². The summed E-state index contributed by atoms with van der Waals surface area (Å²) in [5, 5.41) is 0. The van der Waals surface area contributed by atoms with Crippen molar-refractivity contribution in [3.8, 4) is 0 Å². The molecule has 0 N–H and O–H groups in total. The first-order valence-corrected chi connectivity index (χ1v) is 7.48. The van der Waals surface area contributed by atoms with Crippen LogP contribution in [-0.2, 0) is 4.74 Å². The number of nitrogens with zero attached hydrogens (tertiary/aromatic N) is 2. The maximum absolute atomic E-state index is 14.2. The zero-order valence-corrected chi connectivity index (χ0v) is 11.3. The molecule has 2 saturated heterocycles. The van der Waals surface area contributed by atoms with E-state index in [0.29, 0.717) is 24.5 Å². The van der Waals surface area contributed by atoms with Gasteiger partial charge in [0.25, 0.3) is 0 Å². The fourth-order valence-corrected chi connectivity index (χ4v) is 3.26.